The first-order valence-electron chi connectivity index (χ1n) is 14.2. The Morgan fingerprint density at radius 1 is 0.872 bits per heavy atom. The molecule has 1 N–H and O–H groups in total. The van der Waals surface area contributed by atoms with E-state index in [1.807, 2.05) is 0 Å². The van der Waals surface area contributed by atoms with Crippen molar-refractivity contribution in [2.24, 2.45) is 0 Å². The Labute approximate surface area is 230 Å². The average molecular weight is 520 g/mol. The molecule has 0 unspecified atom stereocenters. The summed E-state index contributed by atoms with van der Waals surface area (Å²) in [7, 11) is 0. The lowest BCUT2D eigenvalue weighted by atomic mass is 10.1. The van der Waals surface area contributed by atoms with Crippen LogP contribution in [0, 0.1) is 0 Å². The Morgan fingerprint density at radius 2 is 1.67 bits per heavy atom. The molecular formula is C32H37N7. The number of aromatic nitrogens is 4. The second kappa shape index (κ2) is 11.0. The molecule has 5 aromatic rings. The number of imidazole rings is 1. The first-order valence-corrected chi connectivity index (χ1v) is 14.2. The highest BCUT2D eigenvalue weighted by molar-refractivity contribution is 5.91. The molecule has 1 fully saturated rings. The zero-order valence-electron chi connectivity index (χ0n) is 23.1. The molecule has 39 heavy (non-hydrogen) atoms. The molecule has 3 heterocycles. The summed E-state index contributed by atoms with van der Waals surface area (Å²) >= 11 is 0. The molecule has 0 saturated carbocycles. The molecule has 0 bridgehead atoms. The highest BCUT2D eigenvalue weighted by Gasteiger charge is 2.27. The quantitative estimate of drug-likeness (QED) is 0.266. The SMILES string of the molecule is CC[C@H]1CN(c2cccc3nc(-c4ccc(N(CC)CC)cc4)[nH]c23)CCN1Cc1ccc2nccnc2c1. The summed E-state index contributed by atoms with van der Waals surface area (Å²) in [4.78, 5) is 25.1. The van der Waals surface area contributed by atoms with Gasteiger partial charge < -0.3 is 14.8 Å². The highest BCUT2D eigenvalue weighted by atomic mass is 15.3. The number of para-hydroxylation sites is 1. The van der Waals surface area contributed by atoms with Crippen LogP contribution in [0.3, 0.4) is 0 Å². The third-order valence-electron chi connectivity index (χ3n) is 8.10. The predicted molar refractivity (Wildman–Crippen MR) is 161 cm³/mol. The van der Waals surface area contributed by atoms with Gasteiger partial charge in [-0.25, -0.2) is 4.98 Å². The van der Waals surface area contributed by atoms with E-state index in [9.17, 15) is 0 Å². The maximum atomic E-state index is 4.97. The van der Waals surface area contributed by atoms with Gasteiger partial charge in [0.1, 0.15) is 5.82 Å². The van der Waals surface area contributed by atoms with E-state index in [-0.39, 0.29) is 0 Å². The maximum absolute atomic E-state index is 4.97. The van der Waals surface area contributed by atoms with Crippen molar-refractivity contribution in [1.82, 2.24) is 24.8 Å². The number of hydrogen-bond acceptors (Lipinski definition) is 6. The second-order valence-electron chi connectivity index (χ2n) is 10.3. The molecule has 7 heteroatoms. The molecule has 2 aromatic heterocycles. The molecule has 0 aliphatic carbocycles. The zero-order chi connectivity index (χ0) is 26.8. The van der Waals surface area contributed by atoms with E-state index in [2.05, 4.69) is 111 Å². The van der Waals surface area contributed by atoms with Crippen molar-refractivity contribution in [2.45, 2.75) is 39.8 Å². The minimum absolute atomic E-state index is 0.474. The molecule has 7 nitrogen and oxygen atoms in total. The minimum atomic E-state index is 0.474. The lowest BCUT2D eigenvalue weighted by Gasteiger charge is -2.42. The Bertz CT molecular complexity index is 1550. The van der Waals surface area contributed by atoms with Crippen molar-refractivity contribution in [3.05, 3.63) is 78.6 Å². The van der Waals surface area contributed by atoms with Gasteiger partial charge in [-0.05, 0) is 74.4 Å². The number of anilines is 2. The Morgan fingerprint density at radius 3 is 2.44 bits per heavy atom. The summed E-state index contributed by atoms with van der Waals surface area (Å²) in [5.74, 6) is 0.925. The topological polar surface area (TPSA) is 64.2 Å². The summed E-state index contributed by atoms with van der Waals surface area (Å²) in [6.45, 7) is 12.6. The first kappa shape index (κ1) is 25.3. The smallest absolute Gasteiger partial charge is 0.138 e. The number of rotatable bonds is 8. The van der Waals surface area contributed by atoms with E-state index in [0.717, 1.165) is 79.1 Å². The monoisotopic (exact) mass is 519 g/mol. The van der Waals surface area contributed by atoms with Crippen molar-refractivity contribution >= 4 is 33.4 Å². The average Bonchev–Trinajstić information content (AvgIpc) is 3.43. The van der Waals surface area contributed by atoms with Crippen molar-refractivity contribution < 1.29 is 0 Å². The standard InChI is InChI=1S/C32H37N7/c1-4-25-22-39(19-18-38(25)21-23-10-15-27-29(20-23)34-17-16-33-27)30-9-7-8-28-31(30)36-32(35-28)24-11-13-26(14-12-24)37(5-2)6-3/h7-17,20,25H,4-6,18-19,21-22H2,1-3H3,(H,35,36)/t25-/m0/s1. The molecule has 0 spiro atoms. The third kappa shape index (κ3) is 5.06. The fourth-order valence-electron chi connectivity index (χ4n) is 5.88. The molecular weight excluding hydrogens is 482 g/mol. The number of H-pyrrole nitrogens is 1. The van der Waals surface area contributed by atoms with Gasteiger partial charge in [-0.2, -0.15) is 0 Å². The highest BCUT2D eigenvalue weighted by Crippen LogP contribution is 2.31. The van der Waals surface area contributed by atoms with Gasteiger partial charge in [0.2, 0.25) is 0 Å². The van der Waals surface area contributed by atoms with Crippen molar-refractivity contribution in [3.8, 4) is 11.4 Å². The van der Waals surface area contributed by atoms with E-state index in [1.54, 1.807) is 12.4 Å². The van der Waals surface area contributed by atoms with Gasteiger partial charge >= 0.3 is 0 Å². The van der Waals surface area contributed by atoms with Gasteiger partial charge in [-0.3, -0.25) is 14.9 Å². The van der Waals surface area contributed by atoms with Crippen LogP contribution in [-0.4, -0.2) is 63.6 Å². The fourth-order valence-corrected chi connectivity index (χ4v) is 5.88. The fraction of sp³-hybridized carbons (Fsp3) is 0.344. The Hall–Kier alpha value is -3.97. The van der Waals surface area contributed by atoms with Gasteiger partial charge in [0.15, 0.2) is 0 Å². The van der Waals surface area contributed by atoms with Crippen LogP contribution < -0.4 is 9.80 Å². The minimum Gasteiger partial charge on any atom is -0.372 e. The van der Waals surface area contributed by atoms with Crippen LogP contribution in [0.4, 0.5) is 11.4 Å². The summed E-state index contributed by atoms with van der Waals surface area (Å²) in [6.07, 6.45) is 4.62. The van der Waals surface area contributed by atoms with E-state index < -0.39 is 0 Å². The summed E-state index contributed by atoms with van der Waals surface area (Å²) in [5.41, 5.74) is 8.95. The van der Waals surface area contributed by atoms with Crippen LogP contribution in [-0.2, 0) is 6.54 Å². The molecule has 200 valence electrons. The number of nitrogens with zero attached hydrogens (tertiary/aromatic N) is 6. The van der Waals surface area contributed by atoms with Crippen LogP contribution in [0.5, 0.6) is 0 Å². The number of fused-ring (bicyclic) bond motifs is 2. The summed E-state index contributed by atoms with van der Waals surface area (Å²) in [6, 6.07) is 22.2. The summed E-state index contributed by atoms with van der Waals surface area (Å²) < 4.78 is 0. The van der Waals surface area contributed by atoms with Crippen molar-refractivity contribution in [2.75, 3.05) is 42.5 Å². The van der Waals surface area contributed by atoms with E-state index in [4.69, 9.17) is 4.98 Å². The van der Waals surface area contributed by atoms with E-state index in [0.29, 0.717) is 6.04 Å². The van der Waals surface area contributed by atoms with E-state index in [1.165, 1.54) is 16.9 Å². The number of nitrogens with one attached hydrogen (secondary N) is 1. The third-order valence-corrected chi connectivity index (χ3v) is 8.10. The molecule has 1 atom stereocenters. The summed E-state index contributed by atoms with van der Waals surface area (Å²) in [5, 5.41) is 0. The van der Waals surface area contributed by atoms with Gasteiger partial charge in [-0.15, -0.1) is 0 Å². The number of hydrogen-bond donors (Lipinski definition) is 1. The first-order chi connectivity index (χ1) is 19.2. The van der Waals surface area contributed by atoms with Gasteiger partial charge in [-0.1, -0.05) is 19.1 Å². The van der Waals surface area contributed by atoms with Gasteiger partial charge in [0, 0.05) is 69.0 Å². The number of piperazine rings is 1. The number of benzene rings is 3. The predicted octanol–water partition coefficient (Wildman–Crippen LogP) is 6.12. The molecule has 1 aliphatic rings. The Kier molecular flexibility index (Phi) is 7.16. The van der Waals surface area contributed by atoms with Crippen LogP contribution >= 0.6 is 0 Å². The maximum Gasteiger partial charge on any atom is 0.138 e. The molecule has 1 saturated heterocycles. The van der Waals surface area contributed by atoms with Crippen LogP contribution in [0.15, 0.2) is 73.1 Å². The molecule has 0 radical (unpaired) electrons. The normalized spacial score (nSPS) is 16.3. The van der Waals surface area contributed by atoms with Gasteiger partial charge in [0.05, 0.1) is 27.8 Å². The van der Waals surface area contributed by atoms with Crippen LogP contribution in [0.1, 0.15) is 32.8 Å². The molecule has 1 aliphatic heterocycles. The van der Waals surface area contributed by atoms with Crippen molar-refractivity contribution in [1.29, 1.82) is 0 Å². The number of aromatic amines is 1. The lowest BCUT2D eigenvalue weighted by Crippen LogP contribution is -2.52. The Balaban J connectivity index is 1.21. The van der Waals surface area contributed by atoms with Gasteiger partial charge in [0.25, 0.3) is 0 Å². The largest absolute Gasteiger partial charge is 0.372 e. The second-order valence-corrected chi connectivity index (χ2v) is 10.3. The van der Waals surface area contributed by atoms with Crippen LogP contribution in [0.25, 0.3) is 33.5 Å². The molecule has 0 amide bonds. The molecule has 3 aromatic carbocycles. The molecule has 6 rings (SSSR count). The van der Waals surface area contributed by atoms with E-state index >= 15 is 0 Å². The lowest BCUT2D eigenvalue weighted by molar-refractivity contribution is 0.164. The van der Waals surface area contributed by atoms with Crippen LogP contribution in [0.2, 0.25) is 0 Å². The van der Waals surface area contributed by atoms with Crippen molar-refractivity contribution in [3.63, 3.8) is 0 Å². The zero-order valence-corrected chi connectivity index (χ0v) is 23.1.